The molecule has 0 bridgehead atoms. The molecule has 0 aliphatic carbocycles. The molecule has 0 unspecified atom stereocenters. The third kappa shape index (κ3) is 6.54. The van der Waals surface area contributed by atoms with Crippen LogP contribution in [0, 0.1) is 6.92 Å². The Balaban J connectivity index is 0.000000239. The summed E-state index contributed by atoms with van der Waals surface area (Å²) in [6.07, 6.45) is 6.48. The van der Waals surface area contributed by atoms with Crippen LogP contribution in [0.15, 0.2) is 105 Å². The average molecular weight is 425 g/mol. The molecule has 3 heterocycles. The van der Waals surface area contributed by atoms with E-state index < -0.39 is 0 Å². The van der Waals surface area contributed by atoms with Crippen LogP contribution in [0.3, 0.4) is 0 Å². The van der Waals surface area contributed by atoms with Crippen LogP contribution in [0.5, 0.6) is 0 Å². The van der Waals surface area contributed by atoms with Crippen LogP contribution >= 0.6 is 0 Å². The first-order valence-corrected chi connectivity index (χ1v) is 10.4. The molecule has 0 saturated heterocycles. The van der Waals surface area contributed by atoms with E-state index in [9.17, 15) is 0 Å². The highest BCUT2D eigenvalue weighted by molar-refractivity contribution is 5.73. The number of imidazole rings is 1. The molecular formula is C28H32N4. The number of benzene rings is 1. The minimum atomic E-state index is 0.770. The van der Waals surface area contributed by atoms with E-state index in [4.69, 9.17) is 4.98 Å². The minimum Gasteiger partial charge on any atom is -0.360 e. The van der Waals surface area contributed by atoms with E-state index in [1.807, 2.05) is 62.6 Å². The predicted octanol–water partition coefficient (Wildman–Crippen LogP) is 7.10. The van der Waals surface area contributed by atoms with Crippen LogP contribution in [0.25, 0.3) is 11.1 Å². The normalized spacial score (nSPS) is 9.72. The van der Waals surface area contributed by atoms with Gasteiger partial charge in [0.2, 0.25) is 0 Å². The molecule has 0 aliphatic heterocycles. The molecule has 1 aromatic carbocycles. The fourth-order valence-electron chi connectivity index (χ4n) is 3.17. The van der Waals surface area contributed by atoms with Gasteiger partial charge in [0.1, 0.15) is 5.82 Å². The van der Waals surface area contributed by atoms with Gasteiger partial charge in [0.05, 0.1) is 11.2 Å². The molecule has 4 aromatic rings. The van der Waals surface area contributed by atoms with Gasteiger partial charge >= 0.3 is 0 Å². The molecular weight excluding hydrogens is 392 g/mol. The highest BCUT2D eigenvalue weighted by Crippen LogP contribution is 2.21. The van der Waals surface area contributed by atoms with Gasteiger partial charge in [0.15, 0.2) is 0 Å². The monoisotopic (exact) mass is 424 g/mol. The summed E-state index contributed by atoms with van der Waals surface area (Å²) in [5.74, 6) is 1.02. The Morgan fingerprint density at radius 1 is 0.969 bits per heavy atom. The second-order valence-electron chi connectivity index (χ2n) is 7.37. The number of hydrogen-bond acceptors (Lipinski definition) is 3. The zero-order chi connectivity index (χ0) is 23.5. The summed E-state index contributed by atoms with van der Waals surface area (Å²) in [5.41, 5.74) is 7.58. The molecule has 0 fully saturated rings. The number of rotatable bonds is 5. The Morgan fingerprint density at radius 3 is 2.31 bits per heavy atom. The average Bonchev–Trinajstić information content (AvgIpc) is 3.16. The Hall–Kier alpha value is -3.92. The van der Waals surface area contributed by atoms with E-state index in [2.05, 4.69) is 66.1 Å². The molecule has 4 heteroatoms. The van der Waals surface area contributed by atoms with Gasteiger partial charge in [0, 0.05) is 36.4 Å². The Morgan fingerprint density at radius 2 is 1.69 bits per heavy atom. The molecule has 1 N–H and O–H groups in total. The van der Waals surface area contributed by atoms with E-state index in [-0.39, 0.29) is 0 Å². The number of aryl methyl sites for hydroxylation is 1. The third-order valence-electron chi connectivity index (χ3n) is 4.60. The molecule has 0 amide bonds. The van der Waals surface area contributed by atoms with Crippen molar-refractivity contribution >= 4 is 16.8 Å². The lowest BCUT2D eigenvalue weighted by Gasteiger charge is -2.07. The van der Waals surface area contributed by atoms with E-state index >= 15 is 0 Å². The highest BCUT2D eigenvalue weighted by atomic mass is 15.0. The number of hydrogen-bond donors (Lipinski definition) is 1. The topological polar surface area (TPSA) is 42.2 Å². The maximum Gasteiger partial charge on any atom is 0.118 e. The molecule has 0 aliphatic rings. The summed E-state index contributed by atoms with van der Waals surface area (Å²) in [4.78, 5) is 8.87. The van der Waals surface area contributed by atoms with Crippen LogP contribution in [0.1, 0.15) is 36.5 Å². The zero-order valence-electron chi connectivity index (χ0n) is 19.3. The lowest BCUT2D eigenvalue weighted by molar-refractivity contribution is 0.953. The zero-order valence-corrected chi connectivity index (χ0v) is 19.3. The maximum atomic E-state index is 4.72. The van der Waals surface area contributed by atoms with Crippen molar-refractivity contribution in [1.82, 2.24) is 14.4 Å². The molecule has 0 atom stereocenters. The number of anilines is 1. The predicted molar refractivity (Wildman–Crippen MR) is 138 cm³/mol. The van der Waals surface area contributed by atoms with Gasteiger partial charge in [-0.05, 0) is 61.7 Å². The van der Waals surface area contributed by atoms with Crippen molar-refractivity contribution in [1.29, 1.82) is 0 Å². The minimum absolute atomic E-state index is 0.770. The van der Waals surface area contributed by atoms with Crippen molar-refractivity contribution < 1.29 is 0 Å². The molecule has 4 rings (SSSR count). The third-order valence-corrected chi connectivity index (χ3v) is 4.60. The molecule has 0 saturated carbocycles. The van der Waals surface area contributed by atoms with Crippen molar-refractivity contribution in [3.63, 3.8) is 0 Å². The Kier molecular flexibility index (Phi) is 9.18. The largest absolute Gasteiger partial charge is 0.360 e. The van der Waals surface area contributed by atoms with Crippen LogP contribution in [-0.4, -0.2) is 14.4 Å². The second kappa shape index (κ2) is 12.1. The number of pyridine rings is 2. The summed E-state index contributed by atoms with van der Waals surface area (Å²) in [5, 5.41) is 3.18. The van der Waals surface area contributed by atoms with Gasteiger partial charge in [-0.2, -0.15) is 0 Å². The molecule has 0 spiro atoms. The van der Waals surface area contributed by atoms with Crippen molar-refractivity contribution in [3.8, 4) is 0 Å². The molecule has 3 aromatic heterocycles. The number of nitrogens with one attached hydrogen (secondary N) is 1. The standard InChI is InChI=1S/C16H15N3.C10H13N.C2H4/c1-12(2)16-14-7-3-4-9-19(14)15(18-16)10-13-6-5-8-17-11-13;1-8(2)11-10-7-5-4-6-9(10)3;1-2/h3-9,11H,1,10H2,2H3;4-7,11H,1H2,2-3H3;1-2H2. The summed E-state index contributed by atoms with van der Waals surface area (Å²) < 4.78 is 2.12. The summed E-state index contributed by atoms with van der Waals surface area (Å²) in [7, 11) is 0. The van der Waals surface area contributed by atoms with Crippen LogP contribution in [0.2, 0.25) is 0 Å². The maximum absolute atomic E-state index is 4.72. The second-order valence-corrected chi connectivity index (χ2v) is 7.37. The number of fused-ring (bicyclic) bond motifs is 1. The van der Waals surface area contributed by atoms with Crippen LogP contribution in [0.4, 0.5) is 5.69 Å². The van der Waals surface area contributed by atoms with E-state index in [0.29, 0.717) is 0 Å². The Labute approximate surface area is 191 Å². The lowest BCUT2D eigenvalue weighted by Crippen LogP contribution is -1.96. The fraction of sp³-hybridized carbons (Fsp3) is 0.143. The van der Waals surface area contributed by atoms with Gasteiger partial charge in [-0.3, -0.25) is 4.98 Å². The smallest absolute Gasteiger partial charge is 0.118 e. The summed E-state index contributed by atoms with van der Waals surface area (Å²) in [6.45, 7) is 19.8. The first-order chi connectivity index (χ1) is 15.5. The summed E-state index contributed by atoms with van der Waals surface area (Å²) in [6, 6.07) is 18.3. The number of nitrogens with zero attached hydrogens (tertiary/aromatic N) is 3. The summed E-state index contributed by atoms with van der Waals surface area (Å²) >= 11 is 0. The molecule has 0 radical (unpaired) electrons. The lowest BCUT2D eigenvalue weighted by atomic mass is 10.2. The van der Waals surface area contributed by atoms with Crippen molar-refractivity contribution in [3.05, 3.63) is 128 Å². The highest BCUT2D eigenvalue weighted by Gasteiger charge is 2.11. The van der Waals surface area contributed by atoms with E-state index in [0.717, 1.165) is 46.0 Å². The van der Waals surface area contributed by atoms with Crippen LogP contribution in [-0.2, 0) is 6.42 Å². The van der Waals surface area contributed by atoms with E-state index in [1.54, 1.807) is 6.20 Å². The number of allylic oxidation sites excluding steroid dienone is 2. The van der Waals surface area contributed by atoms with Gasteiger partial charge in [-0.1, -0.05) is 43.5 Å². The molecule has 4 nitrogen and oxygen atoms in total. The number of aromatic nitrogens is 3. The van der Waals surface area contributed by atoms with Crippen molar-refractivity contribution in [2.45, 2.75) is 27.2 Å². The fourth-order valence-corrected chi connectivity index (χ4v) is 3.17. The Bertz CT molecular complexity index is 1170. The SMILES string of the molecule is C=C.C=C(C)Nc1ccccc1C.C=C(C)c1nc(Cc2cccnc2)n2ccccc12. The van der Waals surface area contributed by atoms with Gasteiger partial charge in [-0.15, -0.1) is 13.2 Å². The molecule has 164 valence electrons. The van der Waals surface area contributed by atoms with Crippen molar-refractivity contribution in [2.75, 3.05) is 5.32 Å². The number of para-hydroxylation sites is 1. The first kappa shape index (κ1) is 24.4. The first-order valence-electron chi connectivity index (χ1n) is 10.4. The van der Waals surface area contributed by atoms with Crippen LogP contribution < -0.4 is 5.32 Å². The molecule has 32 heavy (non-hydrogen) atoms. The quantitative estimate of drug-likeness (QED) is 0.348. The van der Waals surface area contributed by atoms with Gasteiger partial charge in [0.25, 0.3) is 0 Å². The van der Waals surface area contributed by atoms with Crippen molar-refractivity contribution in [2.24, 2.45) is 0 Å². The van der Waals surface area contributed by atoms with Gasteiger partial charge < -0.3 is 9.72 Å². The van der Waals surface area contributed by atoms with E-state index in [1.165, 1.54) is 5.56 Å². The van der Waals surface area contributed by atoms with Gasteiger partial charge in [-0.25, -0.2) is 4.98 Å².